The summed E-state index contributed by atoms with van der Waals surface area (Å²) in [6, 6.07) is 5.89. The van der Waals surface area contributed by atoms with Gasteiger partial charge in [0.25, 0.3) is 0 Å². The Bertz CT molecular complexity index is 418. The SMILES string of the molecule is CCn1cc2cc(OC)ccc2n1. The van der Waals surface area contributed by atoms with Crippen molar-refractivity contribution in [2.45, 2.75) is 13.5 Å². The standard InChI is InChI=1S/C10H12N2O/c1-3-12-7-8-6-9(13-2)4-5-10(8)11-12/h4-7H,3H2,1-2H3. The van der Waals surface area contributed by atoms with Crippen LogP contribution >= 0.6 is 0 Å². The second kappa shape index (κ2) is 3.09. The van der Waals surface area contributed by atoms with E-state index in [0.717, 1.165) is 23.2 Å². The lowest BCUT2D eigenvalue weighted by molar-refractivity contribution is 0.415. The third kappa shape index (κ3) is 1.37. The topological polar surface area (TPSA) is 27.1 Å². The van der Waals surface area contributed by atoms with Crippen LogP contribution < -0.4 is 4.74 Å². The van der Waals surface area contributed by atoms with Crippen LogP contribution in [0.3, 0.4) is 0 Å². The summed E-state index contributed by atoms with van der Waals surface area (Å²) in [7, 11) is 1.67. The summed E-state index contributed by atoms with van der Waals surface area (Å²) >= 11 is 0. The van der Waals surface area contributed by atoms with Gasteiger partial charge in [-0.2, -0.15) is 5.10 Å². The summed E-state index contributed by atoms with van der Waals surface area (Å²) < 4.78 is 7.05. The first-order chi connectivity index (χ1) is 6.33. The molecule has 1 heterocycles. The molecule has 0 fully saturated rings. The van der Waals surface area contributed by atoms with Crippen LogP contribution in [-0.2, 0) is 6.54 Å². The Morgan fingerprint density at radius 2 is 2.31 bits per heavy atom. The van der Waals surface area contributed by atoms with Gasteiger partial charge in [-0.25, -0.2) is 0 Å². The van der Waals surface area contributed by atoms with Crippen molar-refractivity contribution in [3.8, 4) is 5.75 Å². The Kier molecular flexibility index (Phi) is 1.93. The lowest BCUT2D eigenvalue weighted by atomic mass is 10.2. The van der Waals surface area contributed by atoms with E-state index in [1.807, 2.05) is 29.1 Å². The molecule has 0 saturated heterocycles. The highest BCUT2D eigenvalue weighted by Crippen LogP contribution is 2.19. The Hall–Kier alpha value is -1.51. The lowest BCUT2D eigenvalue weighted by Crippen LogP contribution is -1.92. The molecular formula is C10H12N2O. The van der Waals surface area contributed by atoms with Crippen molar-refractivity contribution in [1.82, 2.24) is 9.78 Å². The van der Waals surface area contributed by atoms with Crippen LogP contribution in [0.4, 0.5) is 0 Å². The average Bonchev–Trinajstić information content (AvgIpc) is 2.58. The van der Waals surface area contributed by atoms with Gasteiger partial charge in [0, 0.05) is 18.1 Å². The number of aryl methyl sites for hydroxylation is 1. The van der Waals surface area contributed by atoms with E-state index >= 15 is 0 Å². The quantitative estimate of drug-likeness (QED) is 0.700. The highest BCUT2D eigenvalue weighted by atomic mass is 16.5. The van der Waals surface area contributed by atoms with E-state index in [1.165, 1.54) is 0 Å². The molecule has 0 aliphatic carbocycles. The Morgan fingerprint density at radius 3 is 3.00 bits per heavy atom. The average molecular weight is 176 g/mol. The maximum atomic E-state index is 5.13. The first-order valence-corrected chi connectivity index (χ1v) is 4.34. The number of methoxy groups -OCH3 is 1. The minimum atomic E-state index is 0.878. The molecule has 2 aromatic rings. The molecule has 13 heavy (non-hydrogen) atoms. The Morgan fingerprint density at radius 1 is 1.46 bits per heavy atom. The van der Waals surface area contributed by atoms with Gasteiger partial charge in [-0.05, 0) is 25.1 Å². The number of hydrogen-bond acceptors (Lipinski definition) is 2. The predicted octanol–water partition coefficient (Wildman–Crippen LogP) is 2.06. The molecule has 0 aliphatic rings. The molecule has 3 nitrogen and oxygen atoms in total. The van der Waals surface area contributed by atoms with Gasteiger partial charge in [0.1, 0.15) is 5.75 Å². The number of hydrogen-bond donors (Lipinski definition) is 0. The van der Waals surface area contributed by atoms with Gasteiger partial charge >= 0.3 is 0 Å². The number of nitrogens with zero attached hydrogens (tertiary/aromatic N) is 2. The molecule has 0 amide bonds. The molecular weight excluding hydrogens is 164 g/mol. The molecule has 0 spiro atoms. The van der Waals surface area contributed by atoms with Crippen LogP contribution in [0.25, 0.3) is 10.9 Å². The number of ether oxygens (including phenoxy) is 1. The summed E-state index contributed by atoms with van der Waals surface area (Å²) in [5, 5.41) is 5.49. The molecule has 0 aliphatic heterocycles. The molecule has 0 saturated carbocycles. The van der Waals surface area contributed by atoms with Crippen molar-refractivity contribution in [3.63, 3.8) is 0 Å². The second-order valence-corrected chi connectivity index (χ2v) is 2.91. The maximum absolute atomic E-state index is 5.13. The monoisotopic (exact) mass is 176 g/mol. The number of benzene rings is 1. The van der Waals surface area contributed by atoms with Gasteiger partial charge in [-0.3, -0.25) is 4.68 Å². The van der Waals surface area contributed by atoms with E-state index in [2.05, 4.69) is 12.0 Å². The lowest BCUT2D eigenvalue weighted by Gasteiger charge is -1.96. The van der Waals surface area contributed by atoms with Crippen molar-refractivity contribution >= 4 is 10.9 Å². The fourth-order valence-electron chi connectivity index (χ4n) is 1.34. The fraction of sp³-hybridized carbons (Fsp3) is 0.300. The molecule has 1 aromatic heterocycles. The van der Waals surface area contributed by atoms with E-state index in [9.17, 15) is 0 Å². The highest BCUT2D eigenvalue weighted by molar-refractivity contribution is 5.79. The van der Waals surface area contributed by atoms with Gasteiger partial charge in [0.15, 0.2) is 0 Å². The molecule has 68 valence electrons. The zero-order chi connectivity index (χ0) is 9.26. The van der Waals surface area contributed by atoms with Crippen molar-refractivity contribution < 1.29 is 4.74 Å². The smallest absolute Gasteiger partial charge is 0.119 e. The zero-order valence-electron chi connectivity index (χ0n) is 7.82. The van der Waals surface area contributed by atoms with E-state index < -0.39 is 0 Å². The number of aromatic nitrogens is 2. The molecule has 0 bridgehead atoms. The molecule has 0 unspecified atom stereocenters. The predicted molar refractivity (Wildman–Crippen MR) is 52.0 cm³/mol. The Balaban J connectivity index is 2.57. The van der Waals surface area contributed by atoms with Crippen LogP contribution in [0.1, 0.15) is 6.92 Å². The molecule has 0 atom stereocenters. The van der Waals surface area contributed by atoms with Gasteiger partial charge in [-0.15, -0.1) is 0 Å². The number of rotatable bonds is 2. The summed E-state index contributed by atoms with van der Waals surface area (Å²) in [6.07, 6.45) is 2.03. The molecule has 1 aromatic carbocycles. The van der Waals surface area contributed by atoms with Crippen molar-refractivity contribution in [1.29, 1.82) is 0 Å². The van der Waals surface area contributed by atoms with E-state index in [4.69, 9.17) is 4.74 Å². The van der Waals surface area contributed by atoms with E-state index in [-0.39, 0.29) is 0 Å². The molecule has 0 radical (unpaired) electrons. The Labute approximate surface area is 76.9 Å². The molecule has 3 heteroatoms. The maximum Gasteiger partial charge on any atom is 0.119 e. The van der Waals surface area contributed by atoms with Gasteiger partial charge < -0.3 is 4.74 Å². The fourth-order valence-corrected chi connectivity index (χ4v) is 1.34. The largest absolute Gasteiger partial charge is 0.497 e. The van der Waals surface area contributed by atoms with E-state index in [1.54, 1.807) is 7.11 Å². The second-order valence-electron chi connectivity index (χ2n) is 2.91. The molecule has 2 rings (SSSR count). The first-order valence-electron chi connectivity index (χ1n) is 4.34. The van der Waals surface area contributed by atoms with Crippen molar-refractivity contribution in [2.75, 3.05) is 7.11 Å². The van der Waals surface area contributed by atoms with E-state index in [0.29, 0.717) is 0 Å². The van der Waals surface area contributed by atoms with Crippen LogP contribution in [0.2, 0.25) is 0 Å². The third-order valence-electron chi connectivity index (χ3n) is 2.08. The molecule has 0 N–H and O–H groups in total. The van der Waals surface area contributed by atoms with Crippen LogP contribution in [0.5, 0.6) is 5.75 Å². The minimum Gasteiger partial charge on any atom is -0.497 e. The van der Waals surface area contributed by atoms with Crippen LogP contribution in [0.15, 0.2) is 24.4 Å². The van der Waals surface area contributed by atoms with Crippen LogP contribution in [-0.4, -0.2) is 16.9 Å². The van der Waals surface area contributed by atoms with Crippen LogP contribution in [0, 0.1) is 0 Å². The summed E-state index contributed by atoms with van der Waals surface area (Å²) in [5.74, 6) is 0.878. The normalized spacial score (nSPS) is 10.6. The van der Waals surface area contributed by atoms with Crippen molar-refractivity contribution in [3.05, 3.63) is 24.4 Å². The first kappa shape index (κ1) is 8.10. The summed E-state index contributed by atoms with van der Waals surface area (Å²) in [5.41, 5.74) is 1.02. The van der Waals surface area contributed by atoms with Gasteiger partial charge in [-0.1, -0.05) is 0 Å². The van der Waals surface area contributed by atoms with Gasteiger partial charge in [0.05, 0.1) is 12.6 Å². The summed E-state index contributed by atoms with van der Waals surface area (Å²) in [4.78, 5) is 0. The summed E-state index contributed by atoms with van der Waals surface area (Å²) in [6.45, 7) is 2.97. The minimum absolute atomic E-state index is 0.878. The van der Waals surface area contributed by atoms with Gasteiger partial charge in [0.2, 0.25) is 0 Å². The number of fused-ring (bicyclic) bond motifs is 1. The highest BCUT2D eigenvalue weighted by Gasteiger charge is 2.00. The van der Waals surface area contributed by atoms with Crippen molar-refractivity contribution in [2.24, 2.45) is 0 Å². The third-order valence-corrected chi connectivity index (χ3v) is 2.08. The zero-order valence-corrected chi connectivity index (χ0v) is 7.82.